The van der Waals surface area contributed by atoms with Gasteiger partial charge in [-0.2, -0.15) is 11.8 Å². The quantitative estimate of drug-likeness (QED) is 0.783. The highest BCUT2D eigenvalue weighted by molar-refractivity contribution is 7.99. The monoisotopic (exact) mass is 322 g/mol. The maximum Gasteiger partial charge on any atom is 0.234 e. The van der Waals surface area contributed by atoms with Crippen LogP contribution in [-0.2, 0) is 9.53 Å². The second-order valence-electron chi connectivity index (χ2n) is 5.55. The number of nitrogens with one attached hydrogen (secondary N) is 1. The van der Waals surface area contributed by atoms with Crippen LogP contribution in [0.5, 0.6) is 0 Å². The molecule has 1 amide bonds. The zero-order chi connectivity index (χ0) is 15.8. The molecule has 0 saturated carbocycles. The molecule has 1 saturated heterocycles. The van der Waals surface area contributed by atoms with Crippen molar-refractivity contribution in [1.82, 2.24) is 4.90 Å². The Balaban J connectivity index is 1.85. The molecule has 1 aliphatic heterocycles. The Kier molecular flexibility index (Phi) is 7.22. The highest BCUT2D eigenvalue weighted by atomic mass is 32.2. The predicted molar refractivity (Wildman–Crippen MR) is 93.5 cm³/mol. The van der Waals surface area contributed by atoms with E-state index in [1.807, 2.05) is 12.1 Å². The summed E-state index contributed by atoms with van der Waals surface area (Å²) in [5.41, 5.74) is 2.15. The SMILES string of the molecule is CCCSCC(=O)Nc1ccc([C@@H](C)N2CCOCC2)cc1. The molecule has 2 rings (SSSR count). The Hall–Kier alpha value is -1.04. The van der Waals surface area contributed by atoms with Crippen molar-refractivity contribution in [3.8, 4) is 0 Å². The number of carbonyl (C=O) groups excluding carboxylic acids is 1. The molecule has 0 spiro atoms. The van der Waals surface area contributed by atoms with Gasteiger partial charge in [0, 0.05) is 24.8 Å². The molecule has 1 aliphatic rings. The summed E-state index contributed by atoms with van der Waals surface area (Å²) in [7, 11) is 0. The van der Waals surface area contributed by atoms with Crippen molar-refractivity contribution < 1.29 is 9.53 Å². The van der Waals surface area contributed by atoms with Crippen molar-refractivity contribution >= 4 is 23.4 Å². The van der Waals surface area contributed by atoms with E-state index in [1.54, 1.807) is 11.8 Å². The highest BCUT2D eigenvalue weighted by Crippen LogP contribution is 2.22. The van der Waals surface area contributed by atoms with Gasteiger partial charge in [-0.15, -0.1) is 0 Å². The Bertz CT molecular complexity index is 458. The van der Waals surface area contributed by atoms with Crippen LogP contribution in [0.15, 0.2) is 24.3 Å². The molecule has 1 fully saturated rings. The van der Waals surface area contributed by atoms with E-state index in [9.17, 15) is 4.79 Å². The first-order chi connectivity index (χ1) is 10.7. The van der Waals surface area contributed by atoms with Gasteiger partial charge in [-0.25, -0.2) is 0 Å². The summed E-state index contributed by atoms with van der Waals surface area (Å²) in [6.45, 7) is 7.93. The summed E-state index contributed by atoms with van der Waals surface area (Å²) >= 11 is 1.68. The van der Waals surface area contributed by atoms with Gasteiger partial charge in [-0.1, -0.05) is 19.1 Å². The molecule has 4 nitrogen and oxygen atoms in total. The Labute approximate surface area is 137 Å². The summed E-state index contributed by atoms with van der Waals surface area (Å²) in [6.07, 6.45) is 1.10. The molecule has 5 heteroatoms. The van der Waals surface area contributed by atoms with E-state index in [0.29, 0.717) is 11.8 Å². The zero-order valence-electron chi connectivity index (χ0n) is 13.5. The number of rotatable bonds is 7. The number of anilines is 1. The first-order valence-electron chi connectivity index (χ1n) is 8.00. The average Bonchev–Trinajstić information content (AvgIpc) is 2.56. The van der Waals surface area contributed by atoms with E-state index in [0.717, 1.165) is 44.2 Å². The number of ether oxygens (including phenoxy) is 1. The van der Waals surface area contributed by atoms with Crippen LogP contribution in [0, 0.1) is 0 Å². The van der Waals surface area contributed by atoms with Crippen molar-refractivity contribution in [2.45, 2.75) is 26.3 Å². The maximum absolute atomic E-state index is 11.8. The summed E-state index contributed by atoms with van der Waals surface area (Å²) in [5, 5.41) is 2.95. The van der Waals surface area contributed by atoms with E-state index >= 15 is 0 Å². The van der Waals surface area contributed by atoms with Crippen LogP contribution in [0.3, 0.4) is 0 Å². The fraction of sp³-hybridized carbons (Fsp3) is 0.588. The van der Waals surface area contributed by atoms with Crippen LogP contribution in [0.2, 0.25) is 0 Å². The highest BCUT2D eigenvalue weighted by Gasteiger charge is 2.18. The van der Waals surface area contributed by atoms with Crippen LogP contribution >= 0.6 is 11.8 Å². The first-order valence-corrected chi connectivity index (χ1v) is 9.15. The lowest BCUT2D eigenvalue weighted by molar-refractivity contribution is -0.113. The van der Waals surface area contributed by atoms with Crippen molar-refractivity contribution in [3.05, 3.63) is 29.8 Å². The summed E-state index contributed by atoms with van der Waals surface area (Å²) in [6, 6.07) is 8.58. The third-order valence-corrected chi connectivity index (χ3v) is 5.02. The molecule has 1 atom stereocenters. The fourth-order valence-corrected chi connectivity index (χ4v) is 3.22. The van der Waals surface area contributed by atoms with Crippen LogP contribution < -0.4 is 5.32 Å². The number of carbonyl (C=O) groups is 1. The fourth-order valence-electron chi connectivity index (χ4n) is 2.53. The number of amides is 1. The van der Waals surface area contributed by atoms with Crippen molar-refractivity contribution in [1.29, 1.82) is 0 Å². The molecule has 0 aliphatic carbocycles. The minimum absolute atomic E-state index is 0.0763. The maximum atomic E-state index is 11.8. The number of hydrogen-bond acceptors (Lipinski definition) is 4. The molecule has 0 bridgehead atoms. The molecule has 1 N–H and O–H groups in total. The van der Waals surface area contributed by atoms with Gasteiger partial charge in [-0.05, 0) is 36.8 Å². The summed E-state index contributed by atoms with van der Waals surface area (Å²) < 4.78 is 5.40. The minimum Gasteiger partial charge on any atom is -0.379 e. The Morgan fingerprint density at radius 1 is 1.32 bits per heavy atom. The van der Waals surface area contributed by atoms with Crippen LogP contribution in [-0.4, -0.2) is 48.6 Å². The zero-order valence-corrected chi connectivity index (χ0v) is 14.3. The summed E-state index contributed by atoms with van der Waals surface area (Å²) in [5.74, 6) is 1.64. The van der Waals surface area contributed by atoms with Crippen molar-refractivity contribution in [2.24, 2.45) is 0 Å². The van der Waals surface area contributed by atoms with Crippen molar-refractivity contribution in [2.75, 3.05) is 43.1 Å². The molecule has 22 heavy (non-hydrogen) atoms. The molecule has 1 aromatic rings. The van der Waals surface area contributed by atoms with E-state index < -0.39 is 0 Å². The second-order valence-corrected chi connectivity index (χ2v) is 6.65. The molecule has 0 aromatic heterocycles. The number of thioether (sulfide) groups is 1. The number of morpholine rings is 1. The lowest BCUT2D eigenvalue weighted by Gasteiger charge is -2.32. The average molecular weight is 322 g/mol. The van der Waals surface area contributed by atoms with Crippen LogP contribution in [0.4, 0.5) is 5.69 Å². The van der Waals surface area contributed by atoms with Gasteiger partial charge >= 0.3 is 0 Å². The van der Waals surface area contributed by atoms with E-state index in [1.165, 1.54) is 5.56 Å². The molecule has 1 heterocycles. The topological polar surface area (TPSA) is 41.6 Å². The van der Waals surface area contributed by atoms with Gasteiger partial charge in [0.1, 0.15) is 0 Å². The van der Waals surface area contributed by atoms with Gasteiger partial charge in [-0.3, -0.25) is 9.69 Å². The lowest BCUT2D eigenvalue weighted by atomic mass is 10.1. The first kappa shape index (κ1) is 17.3. The van der Waals surface area contributed by atoms with E-state index in [2.05, 4.69) is 36.2 Å². The third-order valence-electron chi connectivity index (χ3n) is 3.85. The summed E-state index contributed by atoms with van der Waals surface area (Å²) in [4.78, 5) is 14.2. The number of hydrogen-bond donors (Lipinski definition) is 1. The van der Waals surface area contributed by atoms with Gasteiger partial charge in [0.2, 0.25) is 5.91 Å². The van der Waals surface area contributed by atoms with Crippen molar-refractivity contribution in [3.63, 3.8) is 0 Å². The Morgan fingerprint density at radius 2 is 2.00 bits per heavy atom. The predicted octanol–water partition coefficient (Wildman–Crippen LogP) is 3.16. The second kappa shape index (κ2) is 9.18. The van der Waals surface area contributed by atoms with Gasteiger partial charge in [0.25, 0.3) is 0 Å². The lowest BCUT2D eigenvalue weighted by Crippen LogP contribution is -2.38. The van der Waals surface area contributed by atoms with Crippen LogP contribution in [0.1, 0.15) is 31.9 Å². The number of benzene rings is 1. The standard InChI is InChI=1S/C17H26N2O2S/c1-3-12-22-13-17(20)18-16-6-4-15(5-7-16)14(2)19-8-10-21-11-9-19/h4-7,14H,3,8-13H2,1-2H3,(H,18,20)/t14-/m1/s1. The van der Waals surface area contributed by atoms with Crippen LogP contribution in [0.25, 0.3) is 0 Å². The van der Waals surface area contributed by atoms with Gasteiger partial charge < -0.3 is 10.1 Å². The smallest absolute Gasteiger partial charge is 0.234 e. The van der Waals surface area contributed by atoms with E-state index in [4.69, 9.17) is 4.74 Å². The molecular weight excluding hydrogens is 296 g/mol. The molecule has 0 radical (unpaired) electrons. The molecule has 1 aromatic carbocycles. The molecule has 122 valence electrons. The van der Waals surface area contributed by atoms with E-state index in [-0.39, 0.29) is 5.91 Å². The Morgan fingerprint density at radius 3 is 2.64 bits per heavy atom. The minimum atomic E-state index is 0.0763. The third kappa shape index (κ3) is 5.30. The van der Waals surface area contributed by atoms with Gasteiger partial charge in [0.15, 0.2) is 0 Å². The number of nitrogens with zero attached hydrogens (tertiary/aromatic N) is 1. The molecule has 0 unspecified atom stereocenters. The van der Waals surface area contributed by atoms with Gasteiger partial charge in [0.05, 0.1) is 19.0 Å². The molecular formula is C17H26N2O2S. The normalized spacial score (nSPS) is 17.2. The largest absolute Gasteiger partial charge is 0.379 e.